The van der Waals surface area contributed by atoms with Gasteiger partial charge in [0.05, 0.1) is 11.1 Å². The number of Topliss-reactive ketones (excluding diaryl/α,β-unsaturated/α-hetero) is 1. The Morgan fingerprint density at radius 2 is 0.881 bits per heavy atom. The third-order valence-corrected chi connectivity index (χ3v) is 7.22. The van der Waals surface area contributed by atoms with Crippen LogP contribution in [0.3, 0.4) is 0 Å². The van der Waals surface area contributed by atoms with E-state index in [-0.39, 0.29) is 50.6 Å². The van der Waals surface area contributed by atoms with Crippen LogP contribution in [0.4, 0.5) is 0 Å². The Hall–Kier alpha value is -4.79. The van der Waals surface area contributed by atoms with Gasteiger partial charge in [-0.25, -0.2) is 0 Å². The number of aryl methyl sites for hydroxylation is 2. The van der Waals surface area contributed by atoms with Crippen molar-refractivity contribution in [1.82, 2.24) is 0 Å². The number of benzene rings is 4. The fourth-order valence-corrected chi connectivity index (χ4v) is 5.60. The molecule has 0 atom stereocenters. The second-order valence-electron chi connectivity index (χ2n) is 11.2. The largest absolute Gasteiger partial charge is 0.507 e. The molecule has 0 aliphatic carbocycles. The minimum absolute atomic E-state index is 0.00512. The molecule has 0 aliphatic heterocycles. The summed E-state index contributed by atoms with van der Waals surface area (Å²) in [6, 6.07) is 3.31. The topological polar surface area (TPSA) is 173 Å². The van der Waals surface area contributed by atoms with Gasteiger partial charge in [-0.05, 0) is 61.4 Å². The van der Waals surface area contributed by atoms with E-state index in [0.29, 0.717) is 45.6 Å². The standard InChI is InChI=1S/C30H30O8.C3H6O/c1-11(2)19-15-7-13(5)21(27(35)23(15)17(9-31)25(33)29(19)37)22-14(6)8-16-20(12(3)4)30(38)26(34)18(10-32)24(16)28(22)36;1-3(2)4/h7-12,33-38H,1-6H3;1-2H3. The number of carbonyl (C=O) groups is 3. The predicted molar refractivity (Wildman–Crippen MR) is 162 cm³/mol. The molecule has 4 rings (SSSR count). The number of fused-ring (bicyclic) bond motifs is 2. The molecule has 0 heterocycles. The number of carbonyl (C=O) groups excluding carboxylic acids is 3. The summed E-state index contributed by atoms with van der Waals surface area (Å²) in [5.41, 5.74) is 1.33. The van der Waals surface area contributed by atoms with Crippen LogP contribution in [0.15, 0.2) is 12.1 Å². The van der Waals surface area contributed by atoms with E-state index in [0.717, 1.165) is 0 Å². The van der Waals surface area contributed by atoms with Crippen LogP contribution in [0.2, 0.25) is 0 Å². The highest BCUT2D eigenvalue weighted by Crippen LogP contribution is 2.54. The first-order valence-electron chi connectivity index (χ1n) is 13.4. The van der Waals surface area contributed by atoms with Gasteiger partial charge in [-0.2, -0.15) is 0 Å². The molecule has 0 spiro atoms. The SMILES string of the molecule is CC(C)=O.Cc1cc2c(C(C)C)c(O)c(O)c(C=O)c2c(O)c1-c1c(C)cc2c(C(C)C)c(O)c(O)c(C=O)c2c1O. The number of aromatic hydroxyl groups is 6. The van der Waals surface area contributed by atoms with Crippen LogP contribution in [0.5, 0.6) is 34.5 Å². The van der Waals surface area contributed by atoms with Crippen molar-refractivity contribution >= 4 is 39.9 Å². The monoisotopic (exact) mass is 576 g/mol. The van der Waals surface area contributed by atoms with Crippen molar-refractivity contribution in [2.45, 2.75) is 67.2 Å². The van der Waals surface area contributed by atoms with Crippen molar-refractivity contribution in [1.29, 1.82) is 0 Å². The highest BCUT2D eigenvalue weighted by Gasteiger charge is 2.29. The Kier molecular flexibility index (Phi) is 8.76. The molecule has 6 N–H and O–H groups in total. The summed E-state index contributed by atoms with van der Waals surface area (Å²) in [6.07, 6.45) is 0.682. The number of phenolic OH excluding ortho intramolecular Hbond substituents is 6. The van der Waals surface area contributed by atoms with E-state index >= 15 is 0 Å². The Labute approximate surface area is 243 Å². The van der Waals surface area contributed by atoms with Crippen molar-refractivity contribution in [2.24, 2.45) is 0 Å². The van der Waals surface area contributed by atoms with Gasteiger partial charge in [0.15, 0.2) is 35.6 Å². The van der Waals surface area contributed by atoms with Gasteiger partial charge in [-0.3, -0.25) is 9.59 Å². The zero-order valence-electron chi connectivity index (χ0n) is 24.9. The van der Waals surface area contributed by atoms with E-state index < -0.39 is 34.5 Å². The Balaban J connectivity index is 0.00000114. The van der Waals surface area contributed by atoms with E-state index in [1.165, 1.54) is 13.8 Å². The molecule has 42 heavy (non-hydrogen) atoms. The molecule has 0 bridgehead atoms. The molecule has 9 nitrogen and oxygen atoms in total. The lowest BCUT2D eigenvalue weighted by Gasteiger charge is -2.23. The fraction of sp³-hybridized carbons (Fsp3) is 0.303. The van der Waals surface area contributed by atoms with Crippen molar-refractivity contribution < 1.29 is 45.0 Å². The number of aldehydes is 2. The predicted octanol–water partition coefficient (Wildman–Crippen LogP) is 6.98. The van der Waals surface area contributed by atoms with E-state index in [2.05, 4.69) is 0 Å². The molecule has 0 radical (unpaired) electrons. The van der Waals surface area contributed by atoms with E-state index in [1.54, 1.807) is 53.7 Å². The molecule has 222 valence electrons. The van der Waals surface area contributed by atoms with Crippen LogP contribution in [0, 0.1) is 13.8 Å². The van der Waals surface area contributed by atoms with Gasteiger partial charge in [-0.15, -0.1) is 0 Å². The Morgan fingerprint density at radius 1 is 0.595 bits per heavy atom. The average Bonchev–Trinajstić information content (AvgIpc) is 2.87. The first-order chi connectivity index (χ1) is 19.5. The van der Waals surface area contributed by atoms with Crippen molar-refractivity contribution in [3.8, 4) is 45.6 Å². The fourth-order valence-electron chi connectivity index (χ4n) is 5.60. The summed E-state index contributed by atoms with van der Waals surface area (Å²) in [4.78, 5) is 33.4. The van der Waals surface area contributed by atoms with Crippen molar-refractivity contribution in [2.75, 3.05) is 0 Å². The van der Waals surface area contributed by atoms with Crippen LogP contribution >= 0.6 is 0 Å². The van der Waals surface area contributed by atoms with Crippen LogP contribution in [0.1, 0.15) is 96.3 Å². The number of ketones is 1. The smallest absolute Gasteiger partial charge is 0.169 e. The van der Waals surface area contributed by atoms with Crippen molar-refractivity contribution in [3.05, 3.63) is 45.5 Å². The van der Waals surface area contributed by atoms with Gasteiger partial charge in [-0.1, -0.05) is 39.8 Å². The summed E-state index contributed by atoms with van der Waals surface area (Å²) in [7, 11) is 0. The normalized spacial score (nSPS) is 11.2. The highest BCUT2D eigenvalue weighted by molar-refractivity contribution is 6.14. The van der Waals surface area contributed by atoms with Gasteiger partial charge in [0, 0.05) is 33.0 Å². The van der Waals surface area contributed by atoms with Gasteiger partial charge in [0.25, 0.3) is 0 Å². The van der Waals surface area contributed by atoms with Gasteiger partial charge in [0.1, 0.15) is 17.3 Å². The number of hydrogen-bond acceptors (Lipinski definition) is 9. The number of rotatable bonds is 5. The molecule has 0 aliphatic rings. The van der Waals surface area contributed by atoms with E-state index in [4.69, 9.17) is 0 Å². The minimum Gasteiger partial charge on any atom is -0.507 e. The number of phenols is 6. The molecular formula is C33H36O9. The zero-order valence-corrected chi connectivity index (χ0v) is 24.9. The van der Waals surface area contributed by atoms with Crippen LogP contribution < -0.4 is 0 Å². The maximum absolute atomic E-state index is 12.0. The maximum Gasteiger partial charge on any atom is 0.169 e. The molecular weight excluding hydrogens is 540 g/mol. The van der Waals surface area contributed by atoms with Crippen LogP contribution in [-0.2, 0) is 4.79 Å². The lowest BCUT2D eigenvalue weighted by molar-refractivity contribution is -0.115. The Bertz CT molecular complexity index is 1650. The molecule has 0 saturated heterocycles. The summed E-state index contributed by atoms with van der Waals surface area (Å²) < 4.78 is 0. The molecule has 0 amide bonds. The van der Waals surface area contributed by atoms with Crippen molar-refractivity contribution in [3.63, 3.8) is 0 Å². The summed E-state index contributed by atoms with van der Waals surface area (Å²) in [6.45, 7) is 13.6. The minimum atomic E-state index is -0.661. The second-order valence-corrected chi connectivity index (χ2v) is 11.2. The summed E-state index contributed by atoms with van der Waals surface area (Å²) in [5.74, 6) is -3.41. The van der Waals surface area contributed by atoms with Gasteiger partial charge >= 0.3 is 0 Å². The lowest BCUT2D eigenvalue weighted by atomic mass is 9.83. The van der Waals surface area contributed by atoms with Gasteiger partial charge in [0.2, 0.25) is 0 Å². The molecule has 0 saturated carbocycles. The molecule has 9 heteroatoms. The average molecular weight is 577 g/mol. The number of hydrogen-bond donors (Lipinski definition) is 6. The Morgan fingerprint density at radius 3 is 1.12 bits per heavy atom. The quantitative estimate of drug-likeness (QED) is 0.108. The van der Waals surface area contributed by atoms with Crippen LogP contribution in [0.25, 0.3) is 32.7 Å². The molecule has 4 aromatic carbocycles. The van der Waals surface area contributed by atoms with E-state index in [9.17, 15) is 45.0 Å². The maximum atomic E-state index is 12.0. The third kappa shape index (κ3) is 4.95. The highest BCUT2D eigenvalue weighted by atomic mass is 16.3. The third-order valence-electron chi connectivity index (χ3n) is 7.22. The second kappa shape index (κ2) is 11.6. The first kappa shape index (κ1) is 31.7. The molecule has 4 aromatic rings. The summed E-state index contributed by atoms with van der Waals surface area (Å²) in [5, 5.41) is 66.4. The molecule has 0 fully saturated rings. The first-order valence-corrected chi connectivity index (χ1v) is 13.4. The summed E-state index contributed by atoms with van der Waals surface area (Å²) >= 11 is 0. The molecule has 0 unspecified atom stereocenters. The van der Waals surface area contributed by atoms with E-state index in [1.807, 2.05) is 0 Å². The van der Waals surface area contributed by atoms with Gasteiger partial charge < -0.3 is 35.4 Å². The lowest BCUT2D eigenvalue weighted by Crippen LogP contribution is -2.01. The zero-order chi connectivity index (χ0) is 32.0. The van der Waals surface area contributed by atoms with Crippen LogP contribution in [-0.4, -0.2) is 49.0 Å². The molecule has 0 aromatic heterocycles.